The second kappa shape index (κ2) is 8.51. The van der Waals surface area contributed by atoms with Crippen molar-refractivity contribution in [3.8, 4) is 5.88 Å². The van der Waals surface area contributed by atoms with Crippen LogP contribution in [0.3, 0.4) is 0 Å². The number of ether oxygens (including phenoxy) is 1. The number of pyridine rings is 1. The van der Waals surface area contributed by atoms with Gasteiger partial charge < -0.3 is 19.9 Å². The Bertz CT molecular complexity index is 748. The molecule has 1 N–H and O–H groups in total. The number of piperazine rings is 1. The molecular formula is C19H23FN4O2. The normalized spacial score (nSPS) is 14.2. The van der Waals surface area contributed by atoms with Crippen LogP contribution in [-0.4, -0.2) is 48.7 Å². The summed E-state index contributed by atoms with van der Waals surface area (Å²) in [6.07, 6.45) is 1.67. The summed E-state index contributed by atoms with van der Waals surface area (Å²) in [5, 5.41) is 2.92. The van der Waals surface area contributed by atoms with Crippen LogP contribution in [0, 0.1) is 5.82 Å². The Kier molecular flexibility index (Phi) is 5.88. The summed E-state index contributed by atoms with van der Waals surface area (Å²) in [6, 6.07) is 10.3. The van der Waals surface area contributed by atoms with Crippen molar-refractivity contribution in [2.24, 2.45) is 0 Å². The van der Waals surface area contributed by atoms with E-state index >= 15 is 0 Å². The number of para-hydroxylation sites is 1. The molecule has 2 heterocycles. The number of amides is 2. The number of hydrogen-bond donors (Lipinski definition) is 1. The largest absolute Gasteiger partial charge is 0.478 e. The third-order valence-electron chi connectivity index (χ3n) is 4.30. The standard InChI is InChI=1S/C19H23FN4O2/c1-2-26-18-13-15(7-8-21-18)14-22-19(25)24-11-9-23(10-12-24)17-6-4-3-5-16(17)20/h3-8,13H,2,9-12,14H2,1H3,(H,22,25). The Balaban J connectivity index is 1.49. The number of anilines is 1. The summed E-state index contributed by atoms with van der Waals surface area (Å²) in [5.74, 6) is 0.325. The average Bonchev–Trinajstić information content (AvgIpc) is 2.67. The second-order valence-corrected chi connectivity index (χ2v) is 6.02. The molecule has 1 aliphatic rings. The van der Waals surface area contributed by atoms with Gasteiger partial charge in [-0.2, -0.15) is 0 Å². The van der Waals surface area contributed by atoms with E-state index in [4.69, 9.17) is 4.74 Å². The van der Waals surface area contributed by atoms with Gasteiger partial charge in [0.1, 0.15) is 5.82 Å². The average molecular weight is 358 g/mol. The molecule has 1 fully saturated rings. The van der Waals surface area contributed by atoms with E-state index in [1.165, 1.54) is 6.07 Å². The minimum Gasteiger partial charge on any atom is -0.478 e. The van der Waals surface area contributed by atoms with Crippen LogP contribution in [0.25, 0.3) is 0 Å². The highest BCUT2D eigenvalue weighted by Crippen LogP contribution is 2.20. The van der Waals surface area contributed by atoms with Gasteiger partial charge in [-0.25, -0.2) is 14.2 Å². The molecule has 0 bridgehead atoms. The van der Waals surface area contributed by atoms with Gasteiger partial charge in [0.2, 0.25) is 5.88 Å². The van der Waals surface area contributed by atoms with Crippen molar-refractivity contribution in [3.05, 3.63) is 54.0 Å². The van der Waals surface area contributed by atoms with Crippen molar-refractivity contribution in [1.29, 1.82) is 0 Å². The fraction of sp³-hybridized carbons (Fsp3) is 0.368. The molecular weight excluding hydrogens is 335 g/mol. The lowest BCUT2D eigenvalue weighted by atomic mass is 10.2. The minimum absolute atomic E-state index is 0.118. The maximum Gasteiger partial charge on any atom is 0.317 e. The number of aromatic nitrogens is 1. The predicted molar refractivity (Wildman–Crippen MR) is 97.8 cm³/mol. The third kappa shape index (κ3) is 4.41. The summed E-state index contributed by atoms with van der Waals surface area (Å²) in [4.78, 5) is 20.2. The highest BCUT2D eigenvalue weighted by Gasteiger charge is 2.22. The maximum absolute atomic E-state index is 13.9. The molecule has 0 radical (unpaired) electrons. The van der Waals surface area contributed by atoms with Gasteiger partial charge in [-0.05, 0) is 30.7 Å². The predicted octanol–water partition coefficient (Wildman–Crippen LogP) is 2.65. The molecule has 1 aliphatic heterocycles. The molecule has 26 heavy (non-hydrogen) atoms. The van der Waals surface area contributed by atoms with Crippen molar-refractivity contribution in [3.63, 3.8) is 0 Å². The van der Waals surface area contributed by atoms with E-state index in [2.05, 4.69) is 10.3 Å². The molecule has 6 nitrogen and oxygen atoms in total. The molecule has 0 unspecified atom stereocenters. The molecule has 0 atom stereocenters. The lowest BCUT2D eigenvalue weighted by Gasteiger charge is -2.36. The van der Waals surface area contributed by atoms with Gasteiger partial charge in [0.25, 0.3) is 0 Å². The zero-order valence-corrected chi connectivity index (χ0v) is 14.8. The number of carbonyl (C=O) groups is 1. The van der Waals surface area contributed by atoms with E-state index < -0.39 is 0 Å². The van der Waals surface area contributed by atoms with Crippen LogP contribution in [0.4, 0.5) is 14.9 Å². The monoisotopic (exact) mass is 358 g/mol. The lowest BCUT2D eigenvalue weighted by molar-refractivity contribution is 0.194. The van der Waals surface area contributed by atoms with Gasteiger partial charge in [0.15, 0.2) is 0 Å². The van der Waals surface area contributed by atoms with Crippen LogP contribution >= 0.6 is 0 Å². The Labute approximate surface area is 152 Å². The van der Waals surface area contributed by atoms with E-state index in [0.29, 0.717) is 50.9 Å². The summed E-state index contributed by atoms with van der Waals surface area (Å²) in [5.41, 5.74) is 1.52. The van der Waals surface area contributed by atoms with Crippen molar-refractivity contribution in [1.82, 2.24) is 15.2 Å². The summed E-state index contributed by atoms with van der Waals surface area (Å²) in [6.45, 7) is 5.19. The van der Waals surface area contributed by atoms with Crippen molar-refractivity contribution < 1.29 is 13.9 Å². The molecule has 1 aromatic heterocycles. The van der Waals surface area contributed by atoms with Crippen LogP contribution in [0.15, 0.2) is 42.6 Å². The van der Waals surface area contributed by atoms with Gasteiger partial charge in [-0.3, -0.25) is 0 Å². The van der Waals surface area contributed by atoms with Gasteiger partial charge in [-0.15, -0.1) is 0 Å². The topological polar surface area (TPSA) is 57.7 Å². The van der Waals surface area contributed by atoms with E-state index in [9.17, 15) is 9.18 Å². The first-order valence-corrected chi connectivity index (χ1v) is 8.77. The molecule has 1 aromatic carbocycles. The molecule has 2 amide bonds. The summed E-state index contributed by atoms with van der Waals surface area (Å²) >= 11 is 0. The number of urea groups is 1. The van der Waals surface area contributed by atoms with Crippen molar-refractivity contribution in [2.45, 2.75) is 13.5 Å². The Morgan fingerprint density at radius 1 is 1.23 bits per heavy atom. The van der Waals surface area contributed by atoms with Crippen molar-refractivity contribution >= 4 is 11.7 Å². The van der Waals surface area contributed by atoms with Crippen LogP contribution < -0.4 is 15.0 Å². The Hall–Kier alpha value is -2.83. The van der Waals surface area contributed by atoms with Crippen LogP contribution in [0.5, 0.6) is 5.88 Å². The smallest absolute Gasteiger partial charge is 0.317 e. The molecule has 138 valence electrons. The highest BCUT2D eigenvalue weighted by molar-refractivity contribution is 5.74. The molecule has 1 saturated heterocycles. The number of nitrogens with one attached hydrogen (secondary N) is 1. The fourth-order valence-corrected chi connectivity index (χ4v) is 2.94. The first kappa shape index (κ1) is 18.0. The zero-order valence-electron chi connectivity index (χ0n) is 14.8. The first-order valence-electron chi connectivity index (χ1n) is 8.77. The molecule has 3 rings (SSSR count). The Morgan fingerprint density at radius 2 is 2.00 bits per heavy atom. The molecule has 7 heteroatoms. The van der Waals surface area contributed by atoms with E-state index in [1.807, 2.05) is 30.0 Å². The van der Waals surface area contributed by atoms with Gasteiger partial charge in [0, 0.05) is 45.0 Å². The minimum atomic E-state index is -0.229. The highest BCUT2D eigenvalue weighted by atomic mass is 19.1. The van der Waals surface area contributed by atoms with Crippen LogP contribution in [0.2, 0.25) is 0 Å². The van der Waals surface area contributed by atoms with Crippen LogP contribution in [0.1, 0.15) is 12.5 Å². The second-order valence-electron chi connectivity index (χ2n) is 6.02. The fourth-order valence-electron chi connectivity index (χ4n) is 2.94. The number of hydrogen-bond acceptors (Lipinski definition) is 4. The number of carbonyl (C=O) groups excluding carboxylic acids is 1. The molecule has 2 aromatic rings. The lowest BCUT2D eigenvalue weighted by Crippen LogP contribution is -2.51. The van der Waals surface area contributed by atoms with Crippen LogP contribution in [-0.2, 0) is 6.54 Å². The van der Waals surface area contributed by atoms with E-state index in [0.717, 1.165) is 5.56 Å². The molecule has 0 saturated carbocycles. The number of benzene rings is 1. The Morgan fingerprint density at radius 3 is 2.73 bits per heavy atom. The van der Waals surface area contributed by atoms with E-state index in [-0.39, 0.29) is 11.8 Å². The maximum atomic E-state index is 13.9. The van der Waals surface area contributed by atoms with Crippen molar-refractivity contribution in [2.75, 3.05) is 37.7 Å². The zero-order chi connectivity index (χ0) is 18.4. The number of nitrogens with zero attached hydrogens (tertiary/aromatic N) is 3. The molecule has 0 aliphatic carbocycles. The first-order chi connectivity index (χ1) is 12.7. The van der Waals surface area contributed by atoms with E-state index in [1.54, 1.807) is 23.2 Å². The number of rotatable bonds is 5. The molecule has 0 spiro atoms. The van der Waals surface area contributed by atoms with Gasteiger partial charge in [0.05, 0.1) is 12.3 Å². The quantitative estimate of drug-likeness (QED) is 0.893. The third-order valence-corrected chi connectivity index (χ3v) is 4.30. The van der Waals surface area contributed by atoms with Gasteiger partial charge in [-0.1, -0.05) is 12.1 Å². The summed E-state index contributed by atoms with van der Waals surface area (Å²) in [7, 11) is 0. The summed E-state index contributed by atoms with van der Waals surface area (Å²) < 4.78 is 19.2. The SMILES string of the molecule is CCOc1cc(CNC(=O)N2CCN(c3ccccc3F)CC2)ccn1. The number of halogens is 1. The van der Waals surface area contributed by atoms with Gasteiger partial charge >= 0.3 is 6.03 Å².